The van der Waals surface area contributed by atoms with Gasteiger partial charge >= 0.3 is 5.97 Å². The van der Waals surface area contributed by atoms with Gasteiger partial charge in [0.2, 0.25) is 0 Å². The number of esters is 1. The van der Waals surface area contributed by atoms with Gasteiger partial charge in [0.05, 0.1) is 12.9 Å². The van der Waals surface area contributed by atoms with E-state index in [9.17, 15) is 4.79 Å². The molecule has 0 bridgehead atoms. The Kier molecular flexibility index (Phi) is 5.35. The van der Waals surface area contributed by atoms with Gasteiger partial charge in [0.25, 0.3) is 0 Å². The molecule has 0 amide bonds. The number of imidazole rings is 1. The number of rotatable bonds is 7. The smallest absolute Gasteiger partial charge is 0.305 e. The predicted octanol–water partition coefficient (Wildman–Crippen LogP) is 2.82. The summed E-state index contributed by atoms with van der Waals surface area (Å²) in [5, 5.41) is 0. The molecule has 0 spiro atoms. The van der Waals surface area contributed by atoms with E-state index < -0.39 is 0 Å². The Labute approximate surface area is 119 Å². The predicted molar refractivity (Wildman–Crippen MR) is 77.3 cm³/mol. The van der Waals surface area contributed by atoms with E-state index in [2.05, 4.69) is 29.2 Å². The van der Waals surface area contributed by atoms with Crippen LogP contribution >= 0.6 is 0 Å². The number of benzene rings is 1. The van der Waals surface area contributed by atoms with E-state index in [1.165, 1.54) is 11.1 Å². The summed E-state index contributed by atoms with van der Waals surface area (Å²) in [4.78, 5) is 15.3. The van der Waals surface area contributed by atoms with Crippen LogP contribution in [-0.2, 0) is 22.5 Å². The van der Waals surface area contributed by atoms with Crippen molar-refractivity contribution in [1.29, 1.82) is 0 Å². The van der Waals surface area contributed by atoms with Gasteiger partial charge in [0, 0.05) is 25.4 Å². The Morgan fingerprint density at radius 3 is 2.65 bits per heavy atom. The Hall–Kier alpha value is -2.10. The maximum absolute atomic E-state index is 11.2. The van der Waals surface area contributed by atoms with E-state index >= 15 is 0 Å². The van der Waals surface area contributed by atoms with Gasteiger partial charge in [-0.3, -0.25) is 4.79 Å². The molecule has 0 radical (unpaired) electrons. The van der Waals surface area contributed by atoms with Crippen LogP contribution in [0.2, 0.25) is 0 Å². The average molecular weight is 272 g/mol. The van der Waals surface area contributed by atoms with Crippen LogP contribution in [0.3, 0.4) is 0 Å². The molecule has 0 aliphatic heterocycles. The van der Waals surface area contributed by atoms with Crippen LogP contribution < -0.4 is 0 Å². The van der Waals surface area contributed by atoms with Crippen LogP contribution in [0.25, 0.3) is 0 Å². The Bertz CT molecular complexity index is 518. The van der Waals surface area contributed by atoms with E-state index in [0.717, 1.165) is 19.4 Å². The molecule has 4 nitrogen and oxygen atoms in total. The van der Waals surface area contributed by atoms with Crippen LogP contribution in [0.1, 0.15) is 30.9 Å². The molecule has 0 saturated carbocycles. The van der Waals surface area contributed by atoms with Crippen molar-refractivity contribution in [2.75, 3.05) is 6.61 Å². The molecule has 106 valence electrons. The van der Waals surface area contributed by atoms with Gasteiger partial charge in [-0.2, -0.15) is 0 Å². The maximum Gasteiger partial charge on any atom is 0.305 e. The number of carbonyl (C=O) groups excluding carboxylic acids is 1. The van der Waals surface area contributed by atoms with E-state index in [1.807, 2.05) is 24.0 Å². The first-order valence-corrected chi connectivity index (χ1v) is 6.97. The van der Waals surface area contributed by atoms with Crippen LogP contribution in [0.5, 0.6) is 0 Å². The molecule has 0 aliphatic carbocycles. The molecule has 0 fully saturated rings. The van der Waals surface area contributed by atoms with Crippen molar-refractivity contribution in [2.45, 2.75) is 32.7 Å². The standard InChI is InChI=1S/C16H20N2O2/c1-2-20-16(19)5-3-4-14-6-8-15(9-7-14)12-18-11-10-17-13-18/h6-11,13H,2-5,12H2,1H3. The van der Waals surface area contributed by atoms with Crippen molar-refractivity contribution in [3.63, 3.8) is 0 Å². The summed E-state index contributed by atoms with van der Waals surface area (Å²) in [6, 6.07) is 8.49. The van der Waals surface area contributed by atoms with Crippen LogP contribution in [0.4, 0.5) is 0 Å². The van der Waals surface area contributed by atoms with Crippen molar-refractivity contribution in [2.24, 2.45) is 0 Å². The van der Waals surface area contributed by atoms with Crippen molar-refractivity contribution in [3.05, 3.63) is 54.1 Å². The van der Waals surface area contributed by atoms with Gasteiger partial charge in [-0.15, -0.1) is 0 Å². The summed E-state index contributed by atoms with van der Waals surface area (Å²) in [5.74, 6) is -0.107. The summed E-state index contributed by atoms with van der Waals surface area (Å²) < 4.78 is 6.95. The zero-order chi connectivity index (χ0) is 14.2. The Morgan fingerprint density at radius 1 is 1.25 bits per heavy atom. The van der Waals surface area contributed by atoms with Crippen molar-refractivity contribution < 1.29 is 9.53 Å². The summed E-state index contributed by atoms with van der Waals surface area (Å²) in [7, 11) is 0. The van der Waals surface area contributed by atoms with Crippen molar-refractivity contribution >= 4 is 5.97 Å². The van der Waals surface area contributed by atoms with Crippen molar-refractivity contribution in [3.8, 4) is 0 Å². The maximum atomic E-state index is 11.2. The van der Waals surface area contributed by atoms with Gasteiger partial charge in [-0.05, 0) is 30.9 Å². The zero-order valence-electron chi connectivity index (χ0n) is 11.8. The minimum Gasteiger partial charge on any atom is -0.466 e. The number of nitrogens with zero attached hydrogens (tertiary/aromatic N) is 2. The zero-order valence-corrected chi connectivity index (χ0v) is 11.8. The van der Waals surface area contributed by atoms with Gasteiger partial charge in [0.15, 0.2) is 0 Å². The number of hydrogen-bond donors (Lipinski definition) is 0. The SMILES string of the molecule is CCOC(=O)CCCc1ccc(Cn2ccnc2)cc1. The third kappa shape index (κ3) is 4.53. The summed E-state index contributed by atoms with van der Waals surface area (Å²) in [6.07, 6.45) is 7.78. The van der Waals surface area contributed by atoms with Gasteiger partial charge in [-0.25, -0.2) is 4.98 Å². The van der Waals surface area contributed by atoms with Gasteiger partial charge in [-0.1, -0.05) is 24.3 Å². The molecule has 2 aromatic rings. The molecule has 1 aromatic heterocycles. The Balaban J connectivity index is 1.78. The van der Waals surface area contributed by atoms with Gasteiger partial charge < -0.3 is 9.30 Å². The summed E-state index contributed by atoms with van der Waals surface area (Å²) in [5.41, 5.74) is 2.50. The number of carbonyl (C=O) groups is 1. The first-order chi connectivity index (χ1) is 9.78. The van der Waals surface area contributed by atoms with Gasteiger partial charge in [0.1, 0.15) is 0 Å². The molecule has 4 heteroatoms. The monoisotopic (exact) mass is 272 g/mol. The molecule has 1 aromatic carbocycles. The van der Waals surface area contributed by atoms with Crippen LogP contribution in [-0.4, -0.2) is 22.1 Å². The third-order valence-electron chi connectivity index (χ3n) is 3.10. The molecule has 1 heterocycles. The first-order valence-electron chi connectivity index (χ1n) is 6.97. The number of hydrogen-bond acceptors (Lipinski definition) is 3. The van der Waals surface area contributed by atoms with E-state index in [4.69, 9.17) is 4.74 Å². The van der Waals surface area contributed by atoms with E-state index in [0.29, 0.717) is 13.0 Å². The highest BCUT2D eigenvalue weighted by Crippen LogP contribution is 2.09. The average Bonchev–Trinajstić information content (AvgIpc) is 2.94. The van der Waals surface area contributed by atoms with Crippen molar-refractivity contribution in [1.82, 2.24) is 9.55 Å². The highest BCUT2D eigenvalue weighted by molar-refractivity contribution is 5.69. The number of aromatic nitrogens is 2. The van der Waals surface area contributed by atoms with Crippen LogP contribution in [0, 0.1) is 0 Å². The minimum atomic E-state index is -0.107. The topological polar surface area (TPSA) is 44.1 Å². The van der Waals surface area contributed by atoms with E-state index in [-0.39, 0.29) is 5.97 Å². The third-order valence-corrected chi connectivity index (χ3v) is 3.10. The molecule has 0 aliphatic rings. The minimum absolute atomic E-state index is 0.107. The summed E-state index contributed by atoms with van der Waals surface area (Å²) in [6.45, 7) is 3.13. The number of aryl methyl sites for hydroxylation is 1. The second kappa shape index (κ2) is 7.48. The first kappa shape index (κ1) is 14.3. The largest absolute Gasteiger partial charge is 0.466 e. The van der Waals surface area contributed by atoms with E-state index in [1.54, 1.807) is 6.20 Å². The molecular weight excluding hydrogens is 252 g/mol. The molecule has 0 unspecified atom stereocenters. The fourth-order valence-corrected chi connectivity index (χ4v) is 2.07. The highest BCUT2D eigenvalue weighted by atomic mass is 16.5. The second-order valence-electron chi connectivity index (χ2n) is 4.71. The lowest BCUT2D eigenvalue weighted by molar-refractivity contribution is -0.143. The lowest BCUT2D eigenvalue weighted by Crippen LogP contribution is -2.04. The highest BCUT2D eigenvalue weighted by Gasteiger charge is 2.02. The molecular formula is C16H20N2O2. The fourth-order valence-electron chi connectivity index (χ4n) is 2.07. The summed E-state index contributed by atoms with van der Waals surface area (Å²) >= 11 is 0. The molecule has 20 heavy (non-hydrogen) atoms. The fraction of sp³-hybridized carbons (Fsp3) is 0.375. The second-order valence-corrected chi connectivity index (χ2v) is 4.71. The lowest BCUT2D eigenvalue weighted by atomic mass is 10.1. The lowest BCUT2D eigenvalue weighted by Gasteiger charge is -2.05. The Morgan fingerprint density at radius 2 is 2.00 bits per heavy atom. The number of ether oxygens (including phenoxy) is 1. The normalized spacial score (nSPS) is 10.4. The molecule has 2 rings (SSSR count). The van der Waals surface area contributed by atoms with Crippen LogP contribution in [0.15, 0.2) is 43.0 Å². The molecule has 0 N–H and O–H groups in total. The quantitative estimate of drug-likeness (QED) is 0.728. The molecule has 0 saturated heterocycles. The molecule has 0 atom stereocenters.